The molecule has 0 fully saturated rings. The van der Waals surface area contributed by atoms with Crippen molar-refractivity contribution < 1.29 is 30.6 Å². The number of hydrogen-bond donors (Lipinski definition) is 7. The maximum Gasteiger partial charge on any atom is 0.214 e. The highest BCUT2D eigenvalue weighted by Gasteiger charge is 2.22. The molecule has 0 aliphatic rings. The molecule has 0 aromatic heterocycles. The van der Waals surface area contributed by atoms with Gasteiger partial charge in [-0.05, 0) is 12.2 Å². The zero-order valence-corrected chi connectivity index (χ0v) is 8.90. The van der Waals surface area contributed by atoms with Gasteiger partial charge in [-0.25, -0.2) is 0 Å². The van der Waals surface area contributed by atoms with Crippen LogP contribution >= 0.6 is 24.8 Å². The smallest absolute Gasteiger partial charge is 0.214 e. The van der Waals surface area contributed by atoms with Crippen LogP contribution in [0.4, 0.5) is 0 Å². The third-order valence-corrected chi connectivity index (χ3v) is 1.16. The highest BCUT2D eigenvalue weighted by Crippen LogP contribution is 1.97. The summed E-state index contributed by atoms with van der Waals surface area (Å²) in [4.78, 5) is 0. The molecule has 0 aromatic carbocycles. The summed E-state index contributed by atoms with van der Waals surface area (Å²) >= 11 is 7.21. The minimum absolute atomic E-state index is 0.306. The van der Waals surface area contributed by atoms with Crippen LogP contribution in [0.25, 0.3) is 0 Å². The number of aliphatic hydroxyl groups excluding tert-OH is 6. The average Bonchev–Trinajstić information content (AvgIpc) is 2.13. The van der Waals surface area contributed by atoms with Gasteiger partial charge in [-0.1, -0.05) is 12.6 Å². The van der Waals surface area contributed by atoms with Gasteiger partial charge in [0.1, 0.15) is 18.3 Å². The van der Waals surface area contributed by atoms with Crippen molar-refractivity contribution in [3.8, 4) is 0 Å². The summed E-state index contributed by atoms with van der Waals surface area (Å²) in [5.74, 6) is 0. The molecule has 0 aliphatic heterocycles. The Morgan fingerprint density at radius 1 is 1.07 bits per heavy atom. The number of thiocarbonyl (C=S) groups is 1. The van der Waals surface area contributed by atoms with E-state index in [-0.39, 0.29) is 4.38 Å². The van der Waals surface area contributed by atoms with Gasteiger partial charge in [0.15, 0.2) is 0 Å². The van der Waals surface area contributed by atoms with Crippen molar-refractivity contribution in [1.82, 2.24) is 0 Å². The summed E-state index contributed by atoms with van der Waals surface area (Å²) in [7, 11) is 0. The van der Waals surface area contributed by atoms with Crippen LogP contribution in [0.5, 0.6) is 0 Å². The van der Waals surface area contributed by atoms with E-state index in [2.05, 4.69) is 24.8 Å². The molecule has 0 saturated heterocycles. The Bertz CT molecular complexity index is 141. The fourth-order valence-corrected chi connectivity index (χ4v) is 0.472. The zero-order chi connectivity index (χ0) is 11.7. The molecule has 0 unspecified atom stereocenters. The normalized spacial score (nSPS) is 14.2. The second-order valence-corrected chi connectivity index (χ2v) is 3.39. The van der Waals surface area contributed by atoms with Gasteiger partial charge in [0.05, 0.1) is 13.2 Å². The van der Waals surface area contributed by atoms with Gasteiger partial charge in [-0.3, -0.25) is 0 Å². The molecule has 0 aromatic rings. The van der Waals surface area contributed by atoms with E-state index in [1.807, 2.05) is 0 Å². The van der Waals surface area contributed by atoms with Gasteiger partial charge in [0.2, 0.25) is 4.38 Å². The second-order valence-electron chi connectivity index (χ2n) is 2.27. The van der Waals surface area contributed by atoms with E-state index >= 15 is 0 Å². The first-order valence-electron chi connectivity index (χ1n) is 3.54. The highest BCUT2D eigenvalue weighted by atomic mass is 32.1. The predicted octanol–water partition coefficient (Wildman–Crippen LogP) is -2.19. The molecular formula is C6H14O6S2. The first-order chi connectivity index (χ1) is 6.36. The third-order valence-electron chi connectivity index (χ3n) is 1.16. The summed E-state index contributed by atoms with van der Waals surface area (Å²) < 4.78 is -0.306. The van der Waals surface area contributed by atoms with Crippen LogP contribution in [-0.2, 0) is 0 Å². The standard InChI is InChI=1S/C5H12O5.CH2OS2/c6-1-3(8)5(10)4(9)2-7;2-1(3)4/h3-10H,1-2H2;(H2,2,3,4)/t3-,4-;/m1./s1. The van der Waals surface area contributed by atoms with Gasteiger partial charge in [0, 0.05) is 0 Å². The van der Waals surface area contributed by atoms with E-state index in [1.54, 1.807) is 0 Å². The maximum absolute atomic E-state index is 8.77. The molecule has 0 radical (unpaired) electrons. The lowest BCUT2D eigenvalue weighted by atomic mass is 10.1. The van der Waals surface area contributed by atoms with E-state index in [1.165, 1.54) is 0 Å². The summed E-state index contributed by atoms with van der Waals surface area (Å²) in [6.07, 6.45) is -4.29. The Hall–Kier alpha value is 0.0400. The summed E-state index contributed by atoms with van der Waals surface area (Å²) in [5, 5.41) is 50.2. The summed E-state index contributed by atoms with van der Waals surface area (Å²) in [6.45, 7) is -1.28. The summed E-state index contributed by atoms with van der Waals surface area (Å²) in [6, 6.07) is 0. The van der Waals surface area contributed by atoms with Gasteiger partial charge in [0.25, 0.3) is 0 Å². The number of hydrogen-bond acceptors (Lipinski definition) is 6. The lowest BCUT2D eigenvalue weighted by Gasteiger charge is -2.19. The van der Waals surface area contributed by atoms with Gasteiger partial charge in [-0.2, -0.15) is 0 Å². The molecule has 0 amide bonds. The molecule has 0 bridgehead atoms. The first kappa shape index (κ1) is 16.5. The fourth-order valence-electron chi connectivity index (χ4n) is 0.472. The first-order valence-corrected chi connectivity index (χ1v) is 4.40. The van der Waals surface area contributed by atoms with Crippen LogP contribution in [-0.4, -0.2) is 66.5 Å². The number of aliphatic hydroxyl groups is 6. The molecule has 0 rings (SSSR count). The molecule has 8 heteroatoms. The minimum atomic E-state index is -1.49. The van der Waals surface area contributed by atoms with Crippen molar-refractivity contribution in [2.75, 3.05) is 13.2 Å². The third kappa shape index (κ3) is 10.1. The molecule has 0 saturated carbocycles. The quantitative estimate of drug-likeness (QED) is 0.222. The van der Waals surface area contributed by atoms with E-state index in [0.717, 1.165) is 0 Å². The molecule has 6 nitrogen and oxygen atoms in total. The maximum atomic E-state index is 8.77. The zero-order valence-electron chi connectivity index (χ0n) is 7.19. The van der Waals surface area contributed by atoms with Crippen LogP contribution in [0.1, 0.15) is 0 Å². The van der Waals surface area contributed by atoms with Crippen LogP contribution in [0.3, 0.4) is 0 Å². The van der Waals surface area contributed by atoms with Crippen LogP contribution in [0.15, 0.2) is 0 Å². The molecule has 2 atom stereocenters. The van der Waals surface area contributed by atoms with Crippen LogP contribution < -0.4 is 0 Å². The van der Waals surface area contributed by atoms with Gasteiger partial charge < -0.3 is 30.6 Å². The van der Waals surface area contributed by atoms with Crippen molar-refractivity contribution in [3.05, 3.63) is 0 Å². The van der Waals surface area contributed by atoms with E-state index in [9.17, 15) is 0 Å². The van der Waals surface area contributed by atoms with Crippen molar-refractivity contribution in [2.24, 2.45) is 0 Å². The number of rotatable bonds is 4. The Kier molecular flexibility index (Phi) is 11.3. The SMILES string of the molecule is OC(=S)S.OC[C@@H](O)C(O)[C@H](O)CO. The van der Waals surface area contributed by atoms with E-state index in [4.69, 9.17) is 30.6 Å². The Labute approximate surface area is 91.8 Å². The molecule has 14 heavy (non-hydrogen) atoms. The predicted molar refractivity (Wildman–Crippen MR) is 56.4 cm³/mol. The Morgan fingerprint density at radius 3 is 1.43 bits per heavy atom. The highest BCUT2D eigenvalue weighted by molar-refractivity contribution is 8.10. The Morgan fingerprint density at radius 2 is 1.29 bits per heavy atom. The van der Waals surface area contributed by atoms with Crippen LogP contribution in [0.2, 0.25) is 0 Å². The molecular weight excluding hydrogens is 232 g/mol. The van der Waals surface area contributed by atoms with Crippen molar-refractivity contribution in [3.63, 3.8) is 0 Å². The van der Waals surface area contributed by atoms with E-state index in [0.29, 0.717) is 0 Å². The average molecular weight is 246 g/mol. The molecule has 6 N–H and O–H groups in total. The van der Waals surface area contributed by atoms with Crippen molar-refractivity contribution in [1.29, 1.82) is 0 Å². The Balaban J connectivity index is 0. The van der Waals surface area contributed by atoms with Crippen molar-refractivity contribution in [2.45, 2.75) is 18.3 Å². The molecule has 0 spiro atoms. The second kappa shape index (κ2) is 9.59. The van der Waals surface area contributed by atoms with Crippen LogP contribution in [0, 0.1) is 0 Å². The molecule has 0 heterocycles. The number of thiol groups is 1. The van der Waals surface area contributed by atoms with Gasteiger partial charge >= 0.3 is 0 Å². The molecule has 0 aliphatic carbocycles. The minimum Gasteiger partial charge on any atom is -0.494 e. The van der Waals surface area contributed by atoms with Crippen molar-refractivity contribution >= 4 is 29.2 Å². The van der Waals surface area contributed by atoms with E-state index < -0.39 is 31.5 Å². The topological polar surface area (TPSA) is 121 Å². The fraction of sp³-hybridized carbons (Fsp3) is 0.833. The summed E-state index contributed by atoms with van der Waals surface area (Å²) in [5.41, 5.74) is 0. The lowest BCUT2D eigenvalue weighted by Crippen LogP contribution is -2.41. The largest absolute Gasteiger partial charge is 0.494 e. The molecule has 86 valence electrons. The lowest BCUT2D eigenvalue weighted by molar-refractivity contribution is -0.0900. The van der Waals surface area contributed by atoms with Gasteiger partial charge in [-0.15, -0.1) is 0 Å². The monoisotopic (exact) mass is 246 g/mol.